The summed E-state index contributed by atoms with van der Waals surface area (Å²) in [4.78, 5) is 0. The van der Waals surface area contributed by atoms with Crippen molar-refractivity contribution in [2.24, 2.45) is 5.73 Å². The van der Waals surface area contributed by atoms with Crippen molar-refractivity contribution >= 4 is 23.3 Å². The molecule has 0 saturated heterocycles. The Balaban J connectivity index is 2.72. The molecule has 26 heavy (non-hydrogen) atoms. The zero-order chi connectivity index (χ0) is 18.9. The van der Waals surface area contributed by atoms with Gasteiger partial charge in [-0.15, -0.1) is 0 Å². The molecule has 0 atom stereocenters. The van der Waals surface area contributed by atoms with E-state index in [9.17, 15) is 5.26 Å². The van der Waals surface area contributed by atoms with Crippen molar-refractivity contribution in [3.8, 4) is 18.2 Å². The number of rotatable bonds is 4. The summed E-state index contributed by atoms with van der Waals surface area (Å²) in [6.45, 7) is 0. The summed E-state index contributed by atoms with van der Waals surface area (Å²) >= 11 is 6.17. The van der Waals surface area contributed by atoms with E-state index >= 15 is 0 Å². The fourth-order valence-electron chi connectivity index (χ4n) is 2.26. The number of nitriles is 3. The van der Waals surface area contributed by atoms with E-state index in [2.05, 4.69) is 0 Å². The fourth-order valence-corrected chi connectivity index (χ4v) is 2.46. The quantitative estimate of drug-likeness (QED) is 0.639. The largest absolute Gasteiger partial charge is 0.396 e. The lowest BCUT2D eigenvalue weighted by Gasteiger charge is -2.08. The molecule has 0 heterocycles. The topological polar surface area (TPSA) is 97.4 Å². The van der Waals surface area contributed by atoms with Gasteiger partial charge in [0.2, 0.25) is 0 Å². The Bertz CT molecular complexity index is 1010. The third-order valence-corrected chi connectivity index (χ3v) is 3.91. The highest BCUT2D eigenvalue weighted by Gasteiger charge is 2.14. The highest BCUT2D eigenvalue weighted by molar-refractivity contribution is 6.32. The lowest BCUT2D eigenvalue weighted by Crippen LogP contribution is -2.05. The van der Waals surface area contributed by atoms with E-state index in [4.69, 9.17) is 27.9 Å². The minimum absolute atomic E-state index is 0.0533. The molecule has 0 amide bonds. The number of allylic oxidation sites excluding steroid dienone is 4. The van der Waals surface area contributed by atoms with Gasteiger partial charge >= 0.3 is 0 Å². The minimum atomic E-state index is -0.305. The molecule has 0 aromatic heterocycles. The van der Waals surface area contributed by atoms with Crippen LogP contribution in [0.3, 0.4) is 0 Å². The molecule has 0 unspecified atom stereocenters. The van der Waals surface area contributed by atoms with Gasteiger partial charge in [-0.3, -0.25) is 0 Å². The molecular formula is C21H13ClN4. The van der Waals surface area contributed by atoms with Crippen molar-refractivity contribution < 1.29 is 0 Å². The minimum Gasteiger partial charge on any atom is -0.396 e. The summed E-state index contributed by atoms with van der Waals surface area (Å²) in [5.41, 5.74) is 7.51. The van der Waals surface area contributed by atoms with Gasteiger partial charge < -0.3 is 5.73 Å². The predicted octanol–water partition coefficient (Wildman–Crippen LogP) is 4.59. The van der Waals surface area contributed by atoms with Gasteiger partial charge in [0.05, 0.1) is 11.3 Å². The molecule has 124 valence electrons. The maximum Gasteiger partial charge on any atom is 0.153 e. The van der Waals surface area contributed by atoms with E-state index in [1.807, 2.05) is 54.6 Å². The molecule has 2 aromatic rings. The molecule has 5 heteroatoms. The van der Waals surface area contributed by atoms with Gasteiger partial charge in [0.15, 0.2) is 5.57 Å². The number of nitrogens with two attached hydrogens (primary N) is 1. The summed E-state index contributed by atoms with van der Waals surface area (Å²) in [6.07, 6.45) is 3.46. The highest BCUT2D eigenvalue weighted by Crippen LogP contribution is 2.26. The van der Waals surface area contributed by atoms with Crippen LogP contribution in [0.25, 0.3) is 11.6 Å². The summed E-state index contributed by atoms with van der Waals surface area (Å²) in [5.74, 6) is 0. The summed E-state index contributed by atoms with van der Waals surface area (Å²) in [5, 5.41) is 28.3. The van der Waals surface area contributed by atoms with Crippen LogP contribution in [0.2, 0.25) is 5.02 Å². The number of halogens is 1. The lowest BCUT2D eigenvalue weighted by molar-refractivity contribution is 1.30. The Hall–Kier alpha value is -3.78. The average molecular weight is 357 g/mol. The van der Waals surface area contributed by atoms with Gasteiger partial charge in [-0.05, 0) is 17.2 Å². The molecular weight excluding hydrogens is 344 g/mol. The van der Waals surface area contributed by atoms with Gasteiger partial charge in [-0.25, -0.2) is 0 Å². The van der Waals surface area contributed by atoms with E-state index < -0.39 is 0 Å². The van der Waals surface area contributed by atoms with Crippen molar-refractivity contribution in [1.82, 2.24) is 0 Å². The third kappa shape index (κ3) is 4.19. The maximum atomic E-state index is 9.62. The zero-order valence-corrected chi connectivity index (χ0v) is 14.4. The lowest BCUT2D eigenvalue weighted by atomic mass is 9.96. The molecule has 0 aliphatic heterocycles. The second kappa shape index (κ2) is 8.90. The molecule has 0 saturated carbocycles. The van der Waals surface area contributed by atoms with Crippen molar-refractivity contribution in [2.45, 2.75) is 0 Å². The third-order valence-electron chi connectivity index (χ3n) is 3.56. The van der Waals surface area contributed by atoms with Crippen molar-refractivity contribution in [3.63, 3.8) is 0 Å². The van der Waals surface area contributed by atoms with E-state index in [1.165, 1.54) is 0 Å². The van der Waals surface area contributed by atoms with Crippen molar-refractivity contribution in [2.75, 3.05) is 0 Å². The summed E-state index contributed by atoms with van der Waals surface area (Å²) < 4.78 is 0. The molecule has 0 radical (unpaired) electrons. The fraction of sp³-hybridized carbons (Fsp3) is 0. The molecule has 0 aliphatic carbocycles. The van der Waals surface area contributed by atoms with E-state index in [1.54, 1.807) is 30.4 Å². The second-order valence-electron chi connectivity index (χ2n) is 5.13. The second-order valence-corrected chi connectivity index (χ2v) is 5.54. The summed E-state index contributed by atoms with van der Waals surface area (Å²) in [7, 11) is 0. The first-order valence-electron chi connectivity index (χ1n) is 7.55. The van der Waals surface area contributed by atoms with E-state index in [0.717, 1.165) is 11.1 Å². The predicted molar refractivity (Wildman–Crippen MR) is 102 cm³/mol. The first kappa shape index (κ1) is 18.6. The van der Waals surface area contributed by atoms with Crippen LogP contribution >= 0.6 is 11.6 Å². The van der Waals surface area contributed by atoms with Crippen LogP contribution in [-0.4, -0.2) is 0 Å². The average Bonchev–Trinajstić information content (AvgIpc) is 2.68. The van der Waals surface area contributed by atoms with Crippen LogP contribution in [0.1, 0.15) is 11.1 Å². The number of benzene rings is 2. The SMILES string of the molecule is N#CC(C#N)=C(N)C(C#N)=C(C=Cc1ccccc1Cl)c1ccccc1. The molecule has 2 aromatic carbocycles. The Morgan fingerprint density at radius 2 is 1.50 bits per heavy atom. The monoisotopic (exact) mass is 356 g/mol. The van der Waals surface area contributed by atoms with Crippen LogP contribution in [0.15, 0.2) is 77.5 Å². The Morgan fingerprint density at radius 1 is 0.885 bits per heavy atom. The molecule has 0 aliphatic rings. The van der Waals surface area contributed by atoms with Crippen LogP contribution in [0.5, 0.6) is 0 Å². The van der Waals surface area contributed by atoms with Crippen LogP contribution in [0, 0.1) is 34.0 Å². The molecule has 0 fully saturated rings. The molecule has 2 rings (SSSR count). The van der Waals surface area contributed by atoms with Crippen LogP contribution in [-0.2, 0) is 0 Å². The van der Waals surface area contributed by atoms with Crippen molar-refractivity contribution in [3.05, 3.63) is 93.7 Å². The van der Waals surface area contributed by atoms with Gasteiger partial charge in [0.1, 0.15) is 18.2 Å². The number of nitrogens with zero attached hydrogens (tertiary/aromatic N) is 3. The Labute approximate surface area is 157 Å². The van der Waals surface area contributed by atoms with E-state index in [0.29, 0.717) is 10.6 Å². The first-order valence-corrected chi connectivity index (χ1v) is 7.93. The Morgan fingerprint density at radius 3 is 2.08 bits per heavy atom. The smallest absolute Gasteiger partial charge is 0.153 e. The summed E-state index contributed by atoms with van der Waals surface area (Å²) in [6, 6.07) is 21.8. The molecule has 4 nitrogen and oxygen atoms in total. The number of hydrogen-bond acceptors (Lipinski definition) is 4. The number of hydrogen-bond donors (Lipinski definition) is 1. The van der Waals surface area contributed by atoms with E-state index in [-0.39, 0.29) is 16.8 Å². The van der Waals surface area contributed by atoms with Crippen molar-refractivity contribution in [1.29, 1.82) is 15.8 Å². The Kier molecular flexibility index (Phi) is 6.35. The molecule has 2 N–H and O–H groups in total. The first-order chi connectivity index (χ1) is 12.6. The van der Waals surface area contributed by atoms with Gasteiger partial charge in [-0.2, -0.15) is 15.8 Å². The molecule has 0 spiro atoms. The zero-order valence-electron chi connectivity index (χ0n) is 13.6. The highest BCUT2D eigenvalue weighted by atomic mass is 35.5. The van der Waals surface area contributed by atoms with Gasteiger partial charge in [0.25, 0.3) is 0 Å². The normalized spacial score (nSPS) is 11.0. The van der Waals surface area contributed by atoms with Gasteiger partial charge in [-0.1, -0.05) is 72.3 Å². The standard InChI is InChI=1S/C21H13ClN4/c22-20-9-5-4-8-16(20)10-11-18(15-6-2-1-3-7-15)19(14-25)21(26)17(12-23)13-24/h1-11H,26H2. The van der Waals surface area contributed by atoms with Crippen LogP contribution in [0.4, 0.5) is 0 Å². The molecule has 0 bridgehead atoms. The van der Waals surface area contributed by atoms with Crippen LogP contribution < -0.4 is 5.73 Å². The maximum absolute atomic E-state index is 9.62. The van der Waals surface area contributed by atoms with Gasteiger partial charge in [0, 0.05) is 10.6 Å².